The van der Waals surface area contributed by atoms with Gasteiger partial charge in [-0.05, 0) is 77.7 Å². The third-order valence-corrected chi connectivity index (χ3v) is 11.3. The summed E-state index contributed by atoms with van der Waals surface area (Å²) in [4.78, 5) is 2.67. The second-order valence-corrected chi connectivity index (χ2v) is 14.6. The van der Waals surface area contributed by atoms with Gasteiger partial charge in [-0.1, -0.05) is 146 Å². The van der Waals surface area contributed by atoms with Crippen molar-refractivity contribution in [1.29, 1.82) is 0 Å². The average molecular weight is 660 g/mol. The van der Waals surface area contributed by atoms with Crippen molar-refractivity contribution >= 4 is 5.69 Å². The Hall–Kier alpha value is -4.44. The van der Waals surface area contributed by atoms with Crippen LogP contribution in [0.3, 0.4) is 0 Å². The van der Waals surface area contributed by atoms with E-state index in [9.17, 15) is 0 Å². The van der Waals surface area contributed by atoms with E-state index in [0.717, 1.165) is 25.9 Å². The Morgan fingerprint density at radius 2 is 1.70 bits per heavy atom. The van der Waals surface area contributed by atoms with Gasteiger partial charge in [0.15, 0.2) is 0 Å². The summed E-state index contributed by atoms with van der Waals surface area (Å²) in [6.45, 7) is 8.33. The van der Waals surface area contributed by atoms with E-state index in [2.05, 4.69) is 164 Å². The smallest absolute Gasteiger partial charge is 0.0429 e. The molecule has 3 aliphatic carbocycles. The van der Waals surface area contributed by atoms with E-state index in [0.29, 0.717) is 42.2 Å². The fourth-order valence-electron chi connectivity index (χ4n) is 8.18. The highest BCUT2D eigenvalue weighted by molar-refractivity contribution is 5.55. The maximum Gasteiger partial charge on any atom is 0.0429 e. The van der Waals surface area contributed by atoms with Crippen LogP contribution in [0.2, 0.25) is 0 Å². The summed E-state index contributed by atoms with van der Waals surface area (Å²) in [5, 5.41) is 3.49. The second kappa shape index (κ2) is 16.1. The zero-order valence-electron chi connectivity index (χ0n) is 29.8. The van der Waals surface area contributed by atoms with Gasteiger partial charge in [0.25, 0.3) is 0 Å². The summed E-state index contributed by atoms with van der Waals surface area (Å²) in [5.74, 6) is 1.66. The van der Waals surface area contributed by atoms with Crippen LogP contribution in [-0.2, 0) is 6.42 Å². The van der Waals surface area contributed by atoms with E-state index in [1.165, 1.54) is 57.6 Å². The Bertz CT molecular complexity index is 1820. The fourth-order valence-corrected chi connectivity index (χ4v) is 8.18. The van der Waals surface area contributed by atoms with Gasteiger partial charge in [0, 0.05) is 61.6 Å². The van der Waals surface area contributed by atoms with Gasteiger partial charge in [0.2, 0.25) is 0 Å². The molecule has 0 bridgehead atoms. The number of para-hydroxylation sites is 1. The number of hydrogen-bond acceptors (Lipinski definition) is 3. The van der Waals surface area contributed by atoms with Gasteiger partial charge in [0.1, 0.15) is 0 Å². The van der Waals surface area contributed by atoms with Crippen molar-refractivity contribution in [2.75, 3.05) is 31.1 Å². The lowest BCUT2D eigenvalue weighted by molar-refractivity contribution is 0.549. The zero-order valence-corrected chi connectivity index (χ0v) is 29.8. The normalized spacial score (nSPS) is 30.4. The van der Waals surface area contributed by atoms with E-state index >= 15 is 0 Å². The number of anilines is 1. The molecule has 3 N–H and O–H groups in total. The van der Waals surface area contributed by atoms with Crippen molar-refractivity contribution < 1.29 is 0 Å². The van der Waals surface area contributed by atoms with Crippen LogP contribution in [0.1, 0.15) is 43.7 Å². The lowest BCUT2D eigenvalue weighted by atomic mass is 9.72. The number of rotatable bonds is 9. The van der Waals surface area contributed by atoms with Gasteiger partial charge in [-0.25, -0.2) is 0 Å². The third kappa shape index (κ3) is 7.96. The van der Waals surface area contributed by atoms with Gasteiger partial charge in [0.05, 0.1) is 0 Å². The third-order valence-electron chi connectivity index (χ3n) is 11.3. The quantitative estimate of drug-likeness (QED) is 0.208. The molecule has 3 heteroatoms. The summed E-state index contributed by atoms with van der Waals surface area (Å²) in [7, 11) is 0. The summed E-state index contributed by atoms with van der Waals surface area (Å²) >= 11 is 0. The first-order chi connectivity index (χ1) is 24.6. The van der Waals surface area contributed by atoms with Crippen LogP contribution in [0.4, 0.5) is 5.69 Å². The largest absolute Gasteiger partial charge is 0.367 e. The van der Waals surface area contributed by atoms with Crippen molar-refractivity contribution in [2.24, 2.45) is 29.4 Å². The first kappa shape index (κ1) is 34.0. The van der Waals surface area contributed by atoms with Gasteiger partial charge in [-0.3, -0.25) is 0 Å². The van der Waals surface area contributed by atoms with E-state index in [4.69, 9.17) is 5.73 Å². The summed E-state index contributed by atoms with van der Waals surface area (Å²) in [6, 6.07) is 21.4. The number of hydrogen-bond donors (Lipinski definition) is 2. The molecule has 0 spiro atoms. The van der Waals surface area contributed by atoms with E-state index in [1.54, 1.807) is 0 Å². The van der Waals surface area contributed by atoms with Gasteiger partial charge in [-0.2, -0.15) is 0 Å². The van der Waals surface area contributed by atoms with Crippen molar-refractivity contribution in [3.05, 3.63) is 185 Å². The Morgan fingerprint density at radius 3 is 2.52 bits per heavy atom. The number of nitrogens with zero attached hydrogens (tertiary/aromatic N) is 1. The molecule has 0 saturated carbocycles. The highest BCUT2D eigenvalue weighted by atomic mass is 15.1. The first-order valence-corrected chi connectivity index (χ1v) is 18.8. The van der Waals surface area contributed by atoms with Crippen LogP contribution in [-0.4, -0.2) is 32.2 Å². The maximum atomic E-state index is 5.70. The average Bonchev–Trinajstić information content (AvgIpc) is 4.00. The minimum Gasteiger partial charge on any atom is -0.367 e. The Kier molecular flexibility index (Phi) is 10.9. The van der Waals surface area contributed by atoms with Crippen molar-refractivity contribution in [3.63, 3.8) is 0 Å². The van der Waals surface area contributed by atoms with Crippen LogP contribution in [0.15, 0.2) is 174 Å². The van der Waals surface area contributed by atoms with E-state index < -0.39 is 0 Å². The van der Waals surface area contributed by atoms with Crippen LogP contribution >= 0.6 is 0 Å². The highest BCUT2D eigenvalue weighted by Gasteiger charge is 2.33. The van der Waals surface area contributed by atoms with E-state index in [1.807, 2.05) is 6.08 Å². The summed E-state index contributed by atoms with van der Waals surface area (Å²) in [6.07, 6.45) is 37.7. The molecular formula is C47H53N3. The predicted molar refractivity (Wildman–Crippen MR) is 213 cm³/mol. The number of fused-ring (bicyclic) bond motifs is 2. The lowest BCUT2D eigenvalue weighted by Crippen LogP contribution is -2.35. The minimum atomic E-state index is 0.300. The molecule has 1 saturated heterocycles. The second-order valence-electron chi connectivity index (χ2n) is 14.6. The molecule has 0 aromatic heterocycles. The topological polar surface area (TPSA) is 51.2 Å². The molecule has 0 amide bonds. The van der Waals surface area contributed by atoms with Crippen molar-refractivity contribution in [3.8, 4) is 0 Å². The number of benzene rings is 2. The summed E-state index contributed by atoms with van der Waals surface area (Å²) in [5.41, 5.74) is 17.1. The standard InChI is InChI=1S/C47H53N3/c1-34-23-25-39(44-28-26-37(15-5-4-12-29-48)43-20-9-11-22-46(43)44)32-50(41-17-6-3-7-18-41)33-47(45-21-10-8-19-42(45)35(34)2)38-16-13-14-36(30-38)24-27-40-31-49-40/h3-22,25-26,28,30,34,40,43,45-47,49H,23-24,27,29,31-33,48H2,1-2H3/b12-4-,15-5+,39-25+,42-35+. The Morgan fingerprint density at radius 1 is 0.900 bits per heavy atom. The summed E-state index contributed by atoms with van der Waals surface area (Å²) < 4.78 is 0. The maximum absolute atomic E-state index is 5.70. The molecule has 6 atom stereocenters. The molecule has 5 aliphatic rings. The molecule has 7 rings (SSSR count). The van der Waals surface area contributed by atoms with E-state index in [-0.39, 0.29) is 0 Å². The van der Waals surface area contributed by atoms with Crippen LogP contribution in [0, 0.1) is 23.7 Å². The number of nitrogens with two attached hydrogens (primary N) is 1. The number of nitrogens with one attached hydrogen (secondary N) is 1. The number of aryl methyl sites for hydroxylation is 1. The molecule has 256 valence electrons. The van der Waals surface area contributed by atoms with Gasteiger partial charge < -0.3 is 16.0 Å². The molecule has 1 fully saturated rings. The van der Waals surface area contributed by atoms with Crippen molar-refractivity contribution in [2.45, 2.75) is 45.1 Å². The van der Waals surface area contributed by atoms with Crippen LogP contribution in [0.5, 0.6) is 0 Å². The Labute approximate surface area is 300 Å². The number of allylic oxidation sites excluding steroid dienone is 17. The zero-order chi connectivity index (χ0) is 34.3. The first-order valence-electron chi connectivity index (χ1n) is 18.8. The molecular weight excluding hydrogens is 607 g/mol. The molecule has 2 aromatic carbocycles. The monoisotopic (exact) mass is 659 g/mol. The highest BCUT2D eigenvalue weighted by Crippen LogP contribution is 2.43. The molecule has 2 heterocycles. The SMILES string of the molecule is C/C1=C2/C=CC=CC2C(c2cccc(CCC3CN3)c2)CN(c2ccccc2)C/C(C2=CC=C(/C=C/C=C\CN)C3C=CC=CC23)=C\CC1C. The Balaban J connectivity index is 1.31. The fraction of sp³-hybridized carbons (Fsp3) is 0.319. The van der Waals surface area contributed by atoms with Crippen LogP contribution in [0.25, 0.3) is 0 Å². The lowest BCUT2D eigenvalue weighted by Gasteiger charge is -2.37. The molecule has 6 unspecified atom stereocenters. The van der Waals surface area contributed by atoms with Crippen LogP contribution < -0.4 is 16.0 Å². The van der Waals surface area contributed by atoms with Gasteiger partial charge >= 0.3 is 0 Å². The van der Waals surface area contributed by atoms with Crippen molar-refractivity contribution in [1.82, 2.24) is 5.32 Å². The van der Waals surface area contributed by atoms with Gasteiger partial charge in [-0.15, -0.1) is 0 Å². The molecule has 2 aliphatic heterocycles. The predicted octanol–water partition coefficient (Wildman–Crippen LogP) is 9.50. The minimum absolute atomic E-state index is 0.300. The molecule has 50 heavy (non-hydrogen) atoms. The molecule has 2 aromatic rings. The molecule has 3 nitrogen and oxygen atoms in total. The molecule has 0 radical (unpaired) electrons.